The van der Waals surface area contributed by atoms with Gasteiger partial charge in [-0.1, -0.05) is 29.8 Å². The van der Waals surface area contributed by atoms with E-state index in [9.17, 15) is 4.79 Å². The molecule has 138 valence electrons. The topological polar surface area (TPSA) is 56.7 Å². The number of hydrogen-bond acceptors (Lipinski definition) is 4. The van der Waals surface area contributed by atoms with Gasteiger partial charge in [0.15, 0.2) is 0 Å². The molecule has 0 bridgehead atoms. The Labute approximate surface area is 156 Å². The van der Waals surface area contributed by atoms with E-state index in [-0.39, 0.29) is 11.9 Å². The molecule has 5 heteroatoms. The molecule has 0 saturated heterocycles. The molecule has 0 aliphatic carbocycles. The van der Waals surface area contributed by atoms with Gasteiger partial charge in [0.1, 0.15) is 6.04 Å². The lowest BCUT2D eigenvalue weighted by Gasteiger charge is -2.20. The number of carbonyl (C=O) groups excluding carboxylic acids is 1. The Hall–Kier alpha value is -2.82. The van der Waals surface area contributed by atoms with Gasteiger partial charge in [-0.15, -0.1) is 0 Å². The maximum Gasteiger partial charge on any atom is 0.262 e. The molecule has 1 atom stereocenters. The Morgan fingerprint density at radius 2 is 1.69 bits per heavy atom. The molecule has 0 fully saturated rings. The summed E-state index contributed by atoms with van der Waals surface area (Å²) in [5.74, 6) is -0.179. The van der Waals surface area contributed by atoms with Crippen molar-refractivity contribution in [1.82, 2.24) is 5.43 Å². The number of hydrogen-bond donors (Lipinski definition) is 2. The summed E-state index contributed by atoms with van der Waals surface area (Å²) in [5, 5.41) is 7.21. The van der Waals surface area contributed by atoms with Crippen molar-refractivity contribution in [2.24, 2.45) is 5.10 Å². The number of benzene rings is 2. The van der Waals surface area contributed by atoms with Crippen LogP contribution in [0.4, 0.5) is 11.4 Å². The molecule has 0 aliphatic heterocycles. The van der Waals surface area contributed by atoms with E-state index in [1.807, 2.05) is 50.2 Å². The second-order valence-electron chi connectivity index (χ2n) is 6.23. The van der Waals surface area contributed by atoms with Crippen molar-refractivity contribution < 1.29 is 4.79 Å². The molecule has 5 nitrogen and oxygen atoms in total. The van der Waals surface area contributed by atoms with Crippen molar-refractivity contribution >= 4 is 23.5 Å². The van der Waals surface area contributed by atoms with Gasteiger partial charge >= 0.3 is 0 Å². The maximum atomic E-state index is 12.1. The first-order valence-electron chi connectivity index (χ1n) is 9.04. The standard InChI is InChI=1S/C21H28N4O/c1-5-25(6-2)20-13-9-18(10-14-20)15-22-24-21(26)17(4)23-19-11-7-16(3)8-12-19/h7-15,17,23H,5-6H2,1-4H3,(H,24,26)/b22-15-/t17-/m1/s1. The third-order valence-electron chi connectivity index (χ3n) is 4.24. The van der Waals surface area contributed by atoms with Crippen molar-refractivity contribution in [3.05, 3.63) is 59.7 Å². The first-order chi connectivity index (χ1) is 12.5. The number of rotatable bonds is 8. The van der Waals surface area contributed by atoms with Gasteiger partial charge in [-0.25, -0.2) is 5.43 Å². The lowest BCUT2D eigenvalue weighted by molar-refractivity contribution is -0.121. The average molecular weight is 352 g/mol. The highest BCUT2D eigenvalue weighted by molar-refractivity contribution is 5.86. The molecule has 0 heterocycles. The first-order valence-corrected chi connectivity index (χ1v) is 9.04. The van der Waals surface area contributed by atoms with Crippen LogP contribution in [0.25, 0.3) is 0 Å². The summed E-state index contributed by atoms with van der Waals surface area (Å²) < 4.78 is 0. The average Bonchev–Trinajstić information content (AvgIpc) is 2.65. The van der Waals surface area contributed by atoms with E-state index in [1.54, 1.807) is 6.21 Å². The Morgan fingerprint density at radius 3 is 2.27 bits per heavy atom. The number of aryl methyl sites for hydroxylation is 1. The fourth-order valence-corrected chi connectivity index (χ4v) is 2.59. The van der Waals surface area contributed by atoms with E-state index in [4.69, 9.17) is 0 Å². The van der Waals surface area contributed by atoms with Crippen LogP contribution in [0.15, 0.2) is 53.6 Å². The molecule has 0 radical (unpaired) electrons. The van der Waals surface area contributed by atoms with E-state index < -0.39 is 0 Å². The van der Waals surface area contributed by atoms with Crippen LogP contribution >= 0.6 is 0 Å². The lowest BCUT2D eigenvalue weighted by Crippen LogP contribution is -2.34. The zero-order valence-corrected chi connectivity index (χ0v) is 16.0. The highest BCUT2D eigenvalue weighted by Crippen LogP contribution is 2.14. The number of carbonyl (C=O) groups is 1. The second-order valence-corrected chi connectivity index (χ2v) is 6.23. The van der Waals surface area contributed by atoms with Gasteiger partial charge in [0.25, 0.3) is 5.91 Å². The third-order valence-corrected chi connectivity index (χ3v) is 4.24. The summed E-state index contributed by atoms with van der Waals surface area (Å²) in [7, 11) is 0. The van der Waals surface area contributed by atoms with Crippen molar-refractivity contribution in [1.29, 1.82) is 0 Å². The Balaban J connectivity index is 1.86. The molecule has 0 aromatic heterocycles. The van der Waals surface area contributed by atoms with Crippen molar-refractivity contribution in [3.63, 3.8) is 0 Å². The minimum Gasteiger partial charge on any atom is -0.374 e. The van der Waals surface area contributed by atoms with E-state index in [0.29, 0.717) is 0 Å². The predicted octanol–water partition coefficient (Wildman–Crippen LogP) is 3.79. The van der Waals surface area contributed by atoms with Crippen LogP contribution in [-0.2, 0) is 4.79 Å². The Morgan fingerprint density at radius 1 is 1.08 bits per heavy atom. The van der Waals surface area contributed by atoms with Gasteiger partial charge < -0.3 is 10.2 Å². The van der Waals surface area contributed by atoms with E-state index in [0.717, 1.165) is 24.3 Å². The minimum atomic E-state index is -0.375. The van der Waals surface area contributed by atoms with Crippen LogP contribution in [-0.4, -0.2) is 31.3 Å². The van der Waals surface area contributed by atoms with Gasteiger partial charge in [-0.3, -0.25) is 4.79 Å². The molecular formula is C21H28N4O. The smallest absolute Gasteiger partial charge is 0.262 e. The van der Waals surface area contributed by atoms with Gasteiger partial charge in [-0.2, -0.15) is 5.10 Å². The summed E-state index contributed by atoms with van der Waals surface area (Å²) in [6, 6.07) is 15.7. The molecule has 2 N–H and O–H groups in total. The summed E-state index contributed by atoms with van der Waals surface area (Å²) in [4.78, 5) is 14.4. The molecular weight excluding hydrogens is 324 g/mol. The SMILES string of the molecule is CCN(CC)c1ccc(/C=N\NC(=O)[C@@H](C)Nc2ccc(C)cc2)cc1. The van der Waals surface area contributed by atoms with Crippen LogP contribution < -0.4 is 15.6 Å². The van der Waals surface area contributed by atoms with Crippen LogP contribution in [0.5, 0.6) is 0 Å². The fraction of sp³-hybridized carbons (Fsp3) is 0.333. The van der Waals surface area contributed by atoms with Crippen LogP contribution in [0, 0.1) is 6.92 Å². The monoisotopic (exact) mass is 352 g/mol. The van der Waals surface area contributed by atoms with Crippen molar-refractivity contribution in [2.45, 2.75) is 33.7 Å². The molecule has 1 amide bonds. The summed E-state index contributed by atoms with van der Waals surface area (Å²) in [6.07, 6.45) is 1.66. The normalized spacial score (nSPS) is 12.0. The number of nitrogens with one attached hydrogen (secondary N) is 2. The predicted molar refractivity (Wildman–Crippen MR) is 110 cm³/mol. The molecule has 0 spiro atoms. The Kier molecular flexibility index (Phi) is 7.21. The quantitative estimate of drug-likeness (QED) is 0.561. The highest BCUT2D eigenvalue weighted by atomic mass is 16.2. The Bertz CT molecular complexity index is 719. The summed E-state index contributed by atoms with van der Waals surface area (Å²) in [6.45, 7) is 10.1. The van der Waals surface area contributed by atoms with Crippen LogP contribution in [0.2, 0.25) is 0 Å². The number of anilines is 2. The second kappa shape index (κ2) is 9.61. The van der Waals surface area contributed by atoms with Crippen LogP contribution in [0.1, 0.15) is 31.9 Å². The lowest BCUT2D eigenvalue weighted by atomic mass is 10.2. The van der Waals surface area contributed by atoms with Gasteiger partial charge in [0.05, 0.1) is 6.21 Å². The minimum absolute atomic E-state index is 0.179. The number of hydrazone groups is 1. The first kappa shape index (κ1) is 19.5. The summed E-state index contributed by atoms with van der Waals surface area (Å²) >= 11 is 0. The molecule has 0 aliphatic rings. The zero-order chi connectivity index (χ0) is 18.9. The molecule has 0 unspecified atom stereocenters. The van der Waals surface area contributed by atoms with Crippen LogP contribution in [0.3, 0.4) is 0 Å². The molecule has 2 rings (SSSR count). The fourth-order valence-electron chi connectivity index (χ4n) is 2.59. The van der Waals surface area contributed by atoms with E-state index in [1.165, 1.54) is 11.3 Å². The van der Waals surface area contributed by atoms with Gasteiger partial charge in [0.2, 0.25) is 0 Å². The largest absolute Gasteiger partial charge is 0.374 e. The maximum absolute atomic E-state index is 12.1. The third kappa shape index (κ3) is 5.62. The van der Waals surface area contributed by atoms with Crippen molar-refractivity contribution in [2.75, 3.05) is 23.3 Å². The molecule has 2 aromatic carbocycles. The zero-order valence-electron chi connectivity index (χ0n) is 16.0. The van der Waals surface area contributed by atoms with Gasteiger partial charge in [-0.05, 0) is 57.5 Å². The summed E-state index contributed by atoms with van der Waals surface area (Å²) in [5.41, 5.74) is 6.81. The van der Waals surface area contributed by atoms with E-state index >= 15 is 0 Å². The molecule has 0 saturated carbocycles. The van der Waals surface area contributed by atoms with Gasteiger partial charge in [0, 0.05) is 24.5 Å². The number of nitrogens with zero attached hydrogens (tertiary/aromatic N) is 2. The van der Waals surface area contributed by atoms with E-state index in [2.05, 4.69) is 46.7 Å². The molecule has 26 heavy (non-hydrogen) atoms. The van der Waals surface area contributed by atoms with Crippen molar-refractivity contribution in [3.8, 4) is 0 Å². The number of amides is 1. The highest BCUT2D eigenvalue weighted by Gasteiger charge is 2.11. The molecule has 2 aromatic rings.